The van der Waals surface area contributed by atoms with Crippen molar-refractivity contribution in [3.8, 4) is 0 Å². The van der Waals surface area contributed by atoms with Crippen LogP contribution in [0, 0.1) is 5.92 Å². The summed E-state index contributed by atoms with van der Waals surface area (Å²) in [6.45, 7) is 2.23. The highest BCUT2D eigenvalue weighted by molar-refractivity contribution is 5.95. The van der Waals surface area contributed by atoms with Gasteiger partial charge in [-0.25, -0.2) is 4.79 Å². The molecule has 1 atom stereocenters. The normalized spacial score (nSPS) is 23.4. The largest absolute Gasteiger partial charge is 0.478 e. The average Bonchev–Trinajstić information content (AvgIpc) is 3.17. The first-order valence-electron chi connectivity index (χ1n) is 7.37. The maximum Gasteiger partial charge on any atom is 0.338 e. The van der Waals surface area contributed by atoms with Crippen molar-refractivity contribution in [1.82, 2.24) is 4.90 Å². The molecule has 3 heterocycles. The fraction of sp³-hybridized carbons (Fsp3) is 0.600. The van der Waals surface area contributed by atoms with Crippen molar-refractivity contribution >= 4 is 11.9 Å². The summed E-state index contributed by atoms with van der Waals surface area (Å²) in [6, 6.07) is 1.53. The monoisotopic (exact) mass is 293 g/mol. The van der Waals surface area contributed by atoms with Crippen molar-refractivity contribution in [3.63, 3.8) is 0 Å². The molecule has 2 aliphatic rings. The van der Waals surface area contributed by atoms with Gasteiger partial charge in [0.05, 0.1) is 5.56 Å². The van der Waals surface area contributed by atoms with Gasteiger partial charge >= 0.3 is 5.97 Å². The summed E-state index contributed by atoms with van der Waals surface area (Å²) in [5.41, 5.74) is 0.0140. The van der Waals surface area contributed by atoms with Gasteiger partial charge in [0, 0.05) is 31.9 Å². The number of carbonyl (C=O) groups excluding carboxylic acids is 1. The molecule has 2 fully saturated rings. The van der Waals surface area contributed by atoms with E-state index < -0.39 is 5.97 Å². The lowest BCUT2D eigenvalue weighted by Gasteiger charge is -2.33. The lowest BCUT2D eigenvalue weighted by atomic mass is 9.90. The SMILES string of the molecule is O=C(O)c1coc(C(=O)N2CCCC2C2CCOCC2)c1. The van der Waals surface area contributed by atoms with Crippen LogP contribution in [0.3, 0.4) is 0 Å². The Balaban J connectivity index is 1.74. The molecule has 0 aliphatic carbocycles. The van der Waals surface area contributed by atoms with Crippen molar-refractivity contribution in [3.05, 3.63) is 23.7 Å². The fourth-order valence-electron chi connectivity index (χ4n) is 3.34. The first-order chi connectivity index (χ1) is 10.2. The predicted octanol–water partition coefficient (Wildman–Crippen LogP) is 2.01. The lowest BCUT2D eigenvalue weighted by molar-refractivity contribution is 0.0311. The summed E-state index contributed by atoms with van der Waals surface area (Å²) in [6.07, 6.45) is 5.07. The number of ether oxygens (including phenoxy) is 1. The van der Waals surface area contributed by atoms with Crippen LogP contribution in [0.2, 0.25) is 0 Å². The van der Waals surface area contributed by atoms with Gasteiger partial charge in [-0.15, -0.1) is 0 Å². The van der Waals surface area contributed by atoms with Crippen LogP contribution in [-0.4, -0.2) is 47.7 Å². The van der Waals surface area contributed by atoms with Crippen LogP contribution in [0.4, 0.5) is 0 Å². The second kappa shape index (κ2) is 5.89. The quantitative estimate of drug-likeness (QED) is 0.922. The van der Waals surface area contributed by atoms with Crippen molar-refractivity contribution in [2.24, 2.45) is 5.92 Å². The standard InChI is InChI=1S/C15H19NO5/c17-14(13-8-11(9-21-13)15(18)19)16-5-1-2-12(16)10-3-6-20-7-4-10/h8-10,12H,1-7H2,(H,18,19). The number of carbonyl (C=O) groups is 2. The van der Waals surface area contributed by atoms with Gasteiger partial charge in [-0.05, 0) is 31.6 Å². The van der Waals surface area contributed by atoms with Gasteiger partial charge in [0.2, 0.25) is 0 Å². The number of likely N-dealkylation sites (tertiary alicyclic amines) is 1. The predicted molar refractivity (Wildman–Crippen MR) is 73.3 cm³/mol. The van der Waals surface area contributed by atoms with Gasteiger partial charge in [0.15, 0.2) is 5.76 Å². The number of hydrogen-bond acceptors (Lipinski definition) is 4. The first kappa shape index (κ1) is 14.1. The Bertz CT molecular complexity index is 532. The van der Waals surface area contributed by atoms with E-state index in [4.69, 9.17) is 14.3 Å². The topological polar surface area (TPSA) is 80.0 Å². The highest BCUT2D eigenvalue weighted by atomic mass is 16.5. The number of rotatable bonds is 3. The van der Waals surface area contributed by atoms with E-state index in [1.54, 1.807) is 0 Å². The third-order valence-corrected chi connectivity index (χ3v) is 4.43. The van der Waals surface area contributed by atoms with Crippen molar-refractivity contribution in [2.75, 3.05) is 19.8 Å². The number of amides is 1. The minimum Gasteiger partial charge on any atom is -0.478 e. The van der Waals surface area contributed by atoms with E-state index in [1.165, 1.54) is 6.07 Å². The Morgan fingerprint density at radius 2 is 2.00 bits per heavy atom. The van der Waals surface area contributed by atoms with Gasteiger partial charge in [-0.3, -0.25) is 4.79 Å². The number of nitrogens with zero attached hydrogens (tertiary/aromatic N) is 1. The maximum atomic E-state index is 12.5. The van der Waals surface area contributed by atoms with E-state index in [-0.39, 0.29) is 23.3 Å². The number of carboxylic acid groups (broad SMARTS) is 1. The molecule has 1 aromatic heterocycles. The Morgan fingerprint density at radius 1 is 1.24 bits per heavy atom. The van der Waals surface area contributed by atoms with E-state index in [9.17, 15) is 9.59 Å². The summed E-state index contributed by atoms with van der Waals surface area (Å²) < 4.78 is 10.5. The molecule has 114 valence electrons. The molecule has 0 aromatic carbocycles. The molecule has 2 aliphatic heterocycles. The van der Waals surface area contributed by atoms with Gasteiger partial charge in [0.1, 0.15) is 6.26 Å². The molecule has 6 nitrogen and oxygen atoms in total. The summed E-state index contributed by atoms with van der Waals surface area (Å²) in [5, 5.41) is 8.90. The molecule has 0 bridgehead atoms. The highest BCUT2D eigenvalue weighted by Gasteiger charge is 2.36. The molecule has 1 unspecified atom stereocenters. The van der Waals surface area contributed by atoms with E-state index in [0.717, 1.165) is 45.2 Å². The maximum absolute atomic E-state index is 12.5. The molecule has 0 spiro atoms. The van der Waals surface area contributed by atoms with Crippen LogP contribution in [0.5, 0.6) is 0 Å². The highest BCUT2D eigenvalue weighted by Crippen LogP contribution is 2.31. The average molecular weight is 293 g/mol. The van der Waals surface area contributed by atoms with E-state index in [1.807, 2.05) is 4.90 Å². The lowest BCUT2D eigenvalue weighted by Crippen LogP contribution is -2.41. The zero-order valence-corrected chi connectivity index (χ0v) is 11.8. The molecular formula is C15H19NO5. The second-order valence-corrected chi connectivity index (χ2v) is 5.66. The molecule has 1 aromatic rings. The van der Waals surface area contributed by atoms with E-state index in [0.29, 0.717) is 12.5 Å². The summed E-state index contributed by atoms with van der Waals surface area (Å²) in [7, 11) is 0. The summed E-state index contributed by atoms with van der Waals surface area (Å²) in [4.78, 5) is 25.3. The van der Waals surface area contributed by atoms with Crippen molar-refractivity contribution in [1.29, 1.82) is 0 Å². The molecular weight excluding hydrogens is 274 g/mol. The van der Waals surface area contributed by atoms with Gasteiger partial charge in [0.25, 0.3) is 5.91 Å². The first-order valence-corrected chi connectivity index (χ1v) is 7.37. The number of aromatic carboxylic acids is 1. The van der Waals surface area contributed by atoms with Crippen LogP contribution >= 0.6 is 0 Å². The smallest absolute Gasteiger partial charge is 0.338 e. The zero-order valence-electron chi connectivity index (χ0n) is 11.8. The van der Waals surface area contributed by atoms with Crippen LogP contribution in [0.1, 0.15) is 46.6 Å². The minimum absolute atomic E-state index is 0.0140. The van der Waals surface area contributed by atoms with Gasteiger partial charge in [-0.1, -0.05) is 0 Å². The minimum atomic E-state index is -1.08. The van der Waals surface area contributed by atoms with Gasteiger partial charge in [-0.2, -0.15) is 0 Å². The molecule has 0 radical (unpaired) electrons. The van der Waals surface area contributed by atoms with Crippen molar-refractivity contribution < 1.29 is 23.8 Å². The third-order valence-electron chi connectivity index (χ3n) is 4.43. The molecule has 0 saturated carbocycles. The zero-order chi connectivity index (χ0) is 14.8. The molecule has 3 rings (SSSR count). The Morgan fingerprint density at radius 3 is 2.67 bits per heavy atom. The number of furan rings is 1. The summed E-state index contributed by atoms with van der Waals surface area (Å²) >= 11 is 0. The summed E-state index contributed by atoms with van der Waals surface area (Å²) in [5.74, 6) is -0.692. The molecule has 1 N–H and O–H groups in total. The number of carboxylic acids is 1. The molecule has 21 heavy (non-hydrogen) atoms. The van der Waals surface area contributed by atoms with Crippen molar-refractivity contribution in [2.45, 2.75) is 31.7 Å². The van der Waals surface area contributed by atoms with Gasteiger partial charge < -0.3 is 19.2 Å². The Kier molecular flexibility index (Phi) is 3.96. The molecule has 2 saturated heterocycles. The van der Waals surface area contributed by atoms with Crippen LogP contribution in [-0.2, 0) is 4.74 Å². The third kappa shape index (κ3) is 2.81. The Hall–Kier alpha value is -1.82. The molecule has 6 heteroatoms. The Labute approximate surface area is 122 Å². The number of hydrogen-bond donors (Lipinski definition) is 1. The van der Waals surface area contributed by atoms with Crippen LogP contribution in [0.25, 0.3) is 0 Å². The van der Waals surface area contributed by atoms with Crippen LogP contribution < -0.4 is 0 Å². The van der Waals surface area contributed by atoms with Crippen LogP contribution in [0.15, 0.2) is 16.7 Å². The second-order valence-electron chi connectivity index (χ2n) is 5.66. The molecule has 1 amide bonds. The van der Waals surface area contributed by atoms with E-state index in [2.05, 4.69) is 0 Å². The van der Waals surface area contributed by atoms with E-state index >= 15 is 0 Å². The fourth-order valence-corrected chi connectivity index (χ4v) is 3.34.